The van der Waals surface area contributed by atoms with Crippen molar-refractivity contribution >= 4 is 17.2 Å². The molecule has 2 aliphatic carbocycles. The Morgan fingerprint density at radius 1 is 1.28 bits per heavy atom. The zero-order valence-electron chi connectivity index (χ0n) is 14.3. The first-order valence-electron chi connectivity index (χ1n) is 9.15. The minimum atomic E-state index is -0.430. The quantitative estimate of drug-likeness (QED) is 0.875. The Hall–Kier alpha value is -1.73. The van der Waals surface area contributed by atoms with Crippen LogP contribution in [0.3, 0.4) is 0 Å². The Bertz CT molecular complexity index is 782. The van der Waals surface area contributed by atoms with Crippen LogP contribution in [0.1, 0.15) is 61.5 Å². The van der Waals surface area contributed by atoms with E-state index in [4.69, 9.17) is 5.73 Å². The van der Waals surface area contributed by atoms with Crippen molar-refractivity contribution in [3.63, 3.8) is 0 Å². The molecule has 1 fully saturated rings. The molecule has 0 unspecified atom stereocenters. The predicted molar refractivity (Wildman–Crippen MR) is 96.4 cm³/mol. The second-order valence-corrected chi connectivity index (χ2v) is 8.01. The highest BCUT2D eigenvalue weighted by Crippen LogP contribution is 2.39. The van der Waals surface area contributed by atoms with Gasteiger partial charge in [0.1, 0.15) is 0 Å². The number of fused-ring (bicyclic) bond motifs is 1. The molecule has 3 N–H and O–H groups in total. The van der Waals surface area contributed by atoms with Gasteiger partial charge < -0.3 is 10.8 Å². The van der Waals surface area contributed by atoms with E-state index in [1.54, 1.807) is 11.3 Å². The average molecular weight is 360 g/mol. The maximum absolute atomic E-state index is 11.3. The van der Waals surface area contributed by atoms with Gasteiger partial charge in [-0.1, -0.05) is 12.8 Å². The molecule has 4 rings (SSSR count). The largest absolute Gasteiger partial charge is 0.391 e. The summed E-state index contributed by atoms with van der Waals surface area (Å²) in [6.07, 6.45) is 8.06. The van der Waals surface area contributed by atoms with Crippen molar-refractivity contribution in [3.05, 3.63) is 22.3 Å². The summed E-state index contributed by atoms with van der Waals surface area (Å²) in [7, 11) is 0. The fraction of sp³-hybridized carbons (Fsp3) is 0.611. The maximum Gasteiger partial charge on any atom is 0.225 e. The van der Waals surface area contributed by atoms with Crippen LogP contribution in [0.5, 0.6) is 0 Å². The van der Waals surface area contributed by atoms with Gasteiger partial charge in [-0.15, -0.1) is 11.3 Å². The highest BCUT2D eigenvalue weighted by molar-refractivity contribution is 7.13. The molecule has 0 saturated heterocycles. The first-order valence-corrected chi connectivity index (χ1v) is 10.0. The Labute approximate surface area is 151 Å². The molecule has 2 aromatic heterocycles. The number of aryl methyl sites for hydroxylation is 1. The van der Waals surface area contributed by atoms with Crippen molar-refractivity contribution < 1.29 is 9.90 Å². The SMILES string of the molecule is NC(=O)Cc1nc(-c2scc3c2CCCC3)n([C@@H]2CCCC[C@H]2O)n1. The number of aliphatic hydroxyl groups is 1. The number of nitrogens with two attached hydrogens (primary N) is 1. The van der Waals surface area contributed by atoms with Gasteiger partial charge in [-0.05, 0) is 55.0 Å². The first-order chi connectivity index (χ1) is 12.1. The van der Waals surface area contributed by atoms with Gasteiger partial charge >= 0.3 is 0 Å². The van der Waals surface area contributed by atoms with Crippen LogP contribution < -0.4 is 5.73 Å². The molecule has 1 saturated carbocycles. The molecule has 25 heavy (non-hydrogen) atoms. The van der Waals surface area contributed by atoms with Gasteiger partial charge in [0.15, 0.2) is 11.6 Å². The molecule has 2 aliphatic rings. The zero-order valence-corrected chi connectivity index (χ0v) is 15.1. The van der Waals surface area contributed by atoms with E-state index in [0.29, 0.717) is 5.82 Å². The van der Waals surface area contributed by atoms with Crippen LogP contribution in [0.15, 0.2) is 5.38 Å². The molecule has 0 radical (unpaired) electrons. The average Bonchev–Trinajstić information content (AvgIpc) is 3.18. The second-order valence-electron chi connectivity index (χ2n) is 7.13. The third-order valence-electron chi connectivity index (χ3n) is 5.32. The van der Waals surface area contributed by atoms with Crippen LogP contribution in [0.2, 0.25) is 0 Å². The summed E-state index contributed by atoms with van der Waals surface area (Å²) in [6, 6.07) is -0.0702. The fourth-order valence-electron chi connectivity index (χ4n) is 4.07. The number of thiophene rings is 1. The van der Waals surface area contributed by atoms with Gasteiger partial charge in [-0.25, -0.2) is 9.67 Å². The van der Waals surface area contributed by atoms with Gasteiger partial charge in [0.25, 0.3) is 0 Å². The second kappa shape index (κ2) is 6.88. The number of hydrogen-bond acceptors (Lipinski definition) is 5. The van der Waals surface area contributed by atoms with Gasteiger partial charge in [0.2, 0.25) is 5.91 Å². The lowest BCUT2D eigenvalue weighted by Crippen LogP contribution is -2.29. The molecule has 2 aromatic rings. The van der Waals surface area contributed by atoms with Gasteiger partial charge in [0, 0.05) is 0 Å². The van der Waals surface area contributed by atoms with E-state index in [0.717, 1.165) is 49.2 Å². The third kappa shape index (κ3) is 3.22. The van der Waals surface area contributed by atoms with Crippen LogP contribution >= 0.6 is 11.3 Å². The van der Waals surface area contributed by atoms with Crippen LogP contribution in [0.4, 0.5) is 0 Å². The summed E-state index contributed by atoms with van der Waals surface area (Å²) in [5.41, 5.74) is 8.14. The van der Waals surface area contributed by atoms with Crippen molar-refractivity contribution in [2.45, 2.75) is 69.9 Å². The normalized spacial score (nSPS) is 23.4. The molecule has 0 aromatic carbocycles. The number of amides is 1. The van der Waals surface area contributed by atoms with Crippen molar-refractivity contribution in [2.24, 2.45) is 5.73 Å². The predicted octanol–water partition coefficient (Wildman–Crippen LogP) is 2.39. The van der Waals surface area contributed by atoms with E-state index >= 15 is 0 Å². The van der Waals surface area contributed by atoms with Crippen molar-refractivity contribution in [1.29, 1.82) is 0 Å². The van der Waals surface area contributed by atoms with Crippen LogP contribution in [-0.2, 0) is 24.1 Å². The minimum absolute atomic E-state index is 0.0381. The van der Waals surface area contributed by atoms with Crippen molar-refractivity contribution in [2.75, 3.05) is 0 Å². The van der Waals surface area contributed by atoms with Crippen LogP contribution in [0.25, 0.3) is 10.7 Å². The first kappa shape index (κ1) is 16.7. The summed E-state index contributed by atoms with van der Waals surface area (Å²) >= 11 is 1.71. The molecule has 0 bridgehead atoms. The highest BCUT2D eigenvalue weighted by Gasteiger charge is 2.30. The summed E-state index contributed by atoms with van der Waals surface area (Å²) in [6.45, 7) is 0. The number of carbonyl (C=O) groups is 1. The van der Waals surface area contributed by atoms with Crippen molar-refractivity contribution in [3.8, 4) is 10.7 Å². The standard InChI is InChI=1S/C18H24N4O2S/c19-15(24)9-16-20-18(17-12-6-2-1-5-11(12)10-25-17)22(21-16)13-7-3-4-8-14(13)23/h10,13-14,23H,1-9H2,(H2,19,24)/t13-,14-/m1/s1. The molecule has 2 atom stereocenters. The van der Waals surface area contributed by atoms with Gasteiger partial charge in [0.05, 0.1) is 23.4 Å². The van der Waals surface area contributed by atoms with E-state index in [2.05, 4.69) is 15.5 Å². The molecule has 0 spiro atoms. The third-order valence-corrected chi connectivity index (χ3v) is 6.39. The smallest absolute Gasteiger partial charge is 0.225 e. The summed E-state index contributed by atoms with van der Waals surface area (Å²) in [5.74, 6) is 0.828. The number of hydrogen-bond donors (Lipinski definition) is 2. The molecule has 7 heteroatoms. The highest BCUT2D eigenvalue weighted by atomic mass is 32.1. The van der Waals surface area contributed by atoms with Gasteiger partial charge in [-0.2, -0.15) is 5.10 Å². The molecular weight excluding hydrogens is 336 g/mol. The summed E-state index contributed by atoms with van der Waals surface area (Å²) in [5, 5.41) is 17.3. The monoisotopic (exact) mass is 360 g/mol. The molecule has 134 valence electrons. The topological polar surface area (TPSA) is 94.0 Å². The van der Waals surface area contributed by atoms with E-state index in [9.17, 15) is 9.90 Å². The Kier molecular flexibility index (Phi) is 4.60. The van der Waals surface area contributed by atoms with E-state index in [1.807, 2.05) is 4.68 Å². The molecule has 1 amide bonds. The Balaban J connectivity index is 1.78. The molecular formula is C18H24N4O2S. The summed E-state index contributed by atoms with van der Waals surface area (Å²) in [4.78, 5) is 17.1. The Morgan fingerprint density at radius 3 is 2.88 bits per heavy atom. The number of aromatic nitrogens is 3. The van der Waals surface area contributed by atoms with E-state index in [-0.39, 0.29) is 12.5 Å². The fourth-order valence-corrected chi connectivity index (χ4v) is 5.21. The molecule has 6 nitrogen and oxygen atoms in total. The van der Waals surface area contributed by atoms with E-state index in [1.165, 1.54) is 24.0 Å². The lowest BCUT2D eigenvalue weighted by atomic mass is 9.92. The van der Waals surface area contributed by atoms with E-state index < -0.39 is 12.0 Å². The van der Waals surface area contributed by atoms with Crippen molar-refractivity contribution in [1.82, 2.24) is 14.8 Å². The minimum Gasteiger partial charge on any atom is -0.391 e. The number of carbonyl (C=O) groups excluding carboxylic acids is 1. The lowest BCUT2D eigenvalue weighted by Gasteiger charge is -2.28. The number of aliphatic hydroxyl groups excluding tert-OH is 1. The lowest BCUT2D eigenvalue weighted by molar-refractivity contribution is -0.117. The Morgan fingerprint density at radius 2 is 2.08 bits per heavy atom. The van der Waals surface area contributed by atoms with Crippen LogP contribution in [0, 0.1) is 0 Å². The molecule has 2 heterocycles. The van der Waals surface area contributed by atoms with Gasteiger partial charge in [-0.3, -0.25) is 4.79 Å². The number of primary amides is 1. The number of nitrogens with zero attached hydrogens (tertiary/aromatic N) is 3. The summed E-state index contributed by atoms with van der Waals surface area (Å²) < 4.78 is 1.88. The molecule has 0 aliphatic heterocycles. The van der Waals surface area contributed by atoms with Crippen LogP contribution in [-0.4, -0.2) is 31.9 Å². The maximum atomic E-state index is 11.3. The zero-order chi connectivity index (χ0) is 17.4. The number of rotatable bonds is 4.